The molecule has 0 aromatic heterocycles. The third kappa shape index (κ3) is 4.49. The van der Waals surface area contributed by atoms with Crippen LogP contribution >= 0.6 is 0 Å². The minimum absolute atomic E-state index is 0.565. The molecule has 0 rings (SSSR count). The third-order valence-corrected chi connectivity index (χ3v) is 2.62. The number of nitrogens with one attached hydrogen (secondary N) is 1. The van der Waals surface area contributed by atoms with Crippen molar-refractivity contribution in [3.63, 3.8) is 0 Å². The largest absolute Gasteiger partial charge is 0.437 e. The van der Waals surface area contributed by atoms with Gasteiger partial charge in [0.05, 0.1) is 0 Å². The number of halogens is 6. The molecule has 0 bridgehead atoms. The van der Waals surface area contributed by atoms with Gasteiger partial charge >= 0.3 is 27.2 Å². The van der Waals surface area contributed by atoms with E-state index in [2.05, 4.69) is 5.32 Å². The van der Waals surface area contributed by atoms with Gasteiger partial charge in [0.1, 0.15) is 0 Å². The van der Waals surface area contributed by atoms with Crippen LogP contribution in [-0.4, -0.2) is 44.2 Å². The van der Waals surface area contributed by atoms with E-state index in [1.807, 2.05) is 14.1 Å². The molecule has 0 saturated heterocycles. The van der Waals surface area contributed by atoms with Crippen LogP contribution in [0.1, 0.15) is 19.8 Å². The summed E-state index contributed by atoms with van der Waals surface area (Å²) in [6.07, 6.45) is -2.20. The summed E-state index contributed by atoms with van der Waals surface area (Å²) in [4.78, 5) is 0. The Bertz CT molecular complexity index is 371. The van der Waals surface area contributed by atoms with Gasteiger partial charge in [-0.2, -0.15) is 34.8 Å². The lowest BCUT2D eigenvalue weighted by Crippen LogP contribution is -2.57. The van der Waals surface area contributed by atoms with E-state index in [1.54, 1.807) is 0 Å². The second-order valence-corrected chi connectivity index (χ2v) is 4.98. The lowest BCUT2D eigenvalue weighted by atomic mass is 10.1. The van der Waals surface area contributed by atoms with Gasteiger partial charge in [0.25, 0.3) is 0 Å². The number of hydrogen-bond acceptors (Lipinski definition) is 3. The number of alkyl halides is 6. The normalized spacial score (nSPS) is 13.8. The quantitative estimate of drug-likeness (QED) is 0.603. The van der Waals surface area contributed by atoms with Gasteiger partial charge in [-0.3, -0.25) is 4.55 Å². The topological polar surface area (TPSA) is 66.4 Å². The van der Waals surface area contributed by atoms with Crippen molar-refractivity contribution in [2.45, 2.75) is 36.9 Å². The van der Waals surface area contributed by atoms with Crippen molar-refractivity contribution in [2.75, 3.05) is 14.1 Å². The van der Waals surface area contributed by atoms with Crippen LogP contribution < -0.4 is 5.32 Å². The highest BCUT2D eigenvalue weighted by Gasteiger charge is 2.76. The van der Waals surface area contributed by atoms with Crippen LogP contribution in [0.25, 0.3) is 0 Å². The first-order valence-electron chi connectivity index (χ1n) is 4.91. The molecule has 0 aromatic rings. The van der Waals surface area contributed by atoms with Crippen molar-refractivity contribution in [3.8, 4) is 0 Å². The Morgan fingerprint density at radius 2 is 1.37 bits per heavy atom. The summed E-state index contributed by atoms with van der Waals surface area (Å²) < 4.78 is 103. The lowest BCUT2D eigenvalue weighted by Gasteiger charge is -2.30. The number of hydrogen-bond donors (Lipinski definition) is 2. The van der Waals surface area contributed by atoms with Gasteiger partial charge in [-0.05, 0) is 14.1 Å². The second-order valence-electron chi connectivity index (χ2n) is 3.52. The highest BCUT2D eigenvalue weighted by atomic mass is 32.2. The fourth-order valence-corrected chi connectivity index (χ4v) is 1.32. The highest BCUT2D eigenvalue weighted by Crippen LogP contribution is 2.49. The summed E-state index contributed by atoms with van der Waals surface area (Å²) in [6, 6.07) is 0. The molecular formula is C8H15F6NO3S. The predicted molar refractivity (Wildman–Crippen MR) is 56.3 cm³/mol. The van der Waals surface area contributed by atoms with Crippen molar-refractivity contribution in [2.24, 2.45) is 0 Å². The fraction of sp³-hybridized carbons (Fsp3) is 1.00. The van der Waals surface area contributed by atoms with E-state index in [9.17, 15) is 34.8 Å². The van der Waals surface area contributed by atoms with Crippen LogP contribution in [0.4, 0.5) is 26.3 Å². The smallest absolute Gasteiger partial charge is 0.323 e. The SMILES string of the molecule is CCCC(F)(F)C(F)(F)C(F)(F)S(=O)(=O)O.CNC. The molecule has 0 aliphatic heterocycles. The first-order valence-corrected chi connectivity index (χ1v) is 6.35. The Hall–Kier alpha value is -0.550. The van der Waals surface area contributed by atoms with Gasteiger partial charge in [-0.15, -0.1) is 0 Å². The van der Waals surface area contributed by atoms with Crippen molar-refractivity contribution in [3.05, 3.63) is 0 Å². The Balaban J connectivity index is 0. The zero-order valence-corrected chi connectivity index (χ0v) is 11.2. The van der Waals surface area contributed by atoms with Gasteiger partial charge in [-0.1, -0.05) is 13.3 Å². The average molecular weight is 319 g/mol. The summed E-state index contributed by atoms with van der Waals surface area (Å²) in [5, 5.41) is -3.49. The van der Waals surface area contributed by atoms with E-state index in [4.69, 9.17) is 4.55 Å². The Kier molecular flexibility index (Phi) is 7.38. The molecule has 118 valence electrons. The monoisotopic (exact) mass is 319 g/mol. The molecule has 0 unspecified atom stereocenters. The molecule has 0 heterocycles. The molecule has 0 aliphatic carbocycles. The molecule has 4 nitrogen and oxygen atoms in total. The van der Waals surface area contributed by atoms with Gasteiger partial charge in [0, 0.05) is 6.42 Å². The van der Waals surface area contributed by atoms with Gasteiger partial charge in [0.2, 0.25) is 0 Å². The molecule has 0 aliphatic rings. The van der Waals surface area contributed by atoms with E-state index < -0.39 is 40.1 Å². The van der Waals surface area contributed by atoms with Crippen molar-refractivity contribution < 1.29 is 39.3 Å². The molecule has 2 N–H and O–H groups in total. The maximum atomic E-state index is 12.6. The molecule has 0 aromatic carbocycles. The lowest BCUT2D eigenvalue weighted by molar-refractivity contribution is -0.282. The van der Waals surface area contributed by atoms with Gasteiger partial charge in [0.15, 0.2) is 0 Å². The fourth-order valence-electron chi connectivity index (χ4n) is 0.846. The molecule has 0 amide bonds. The minimum atomic E-state index is -6.62. The molecule has 19 heavy (non-hydrogen) atoms. The minimum Gasteiger partial charge on any atom is -0.323 e. The van der Waals surface area contributed by atoms with Gasteiger partial charge in [-0.25, -0.2) is 0 Å². The molecule has 11 heteroatoms. The Morgan fingerprint density at radius 1 is 1.05 bits per heavy atom. The third-order valence-electron chi connectivity index (χ3n) is 1.71. The van der Waals surface area contributed by atoms with Crippen LogP contribution in [0.15, 0.2) is 0 Å². The molecular weight excluding hydrogens is 304 g/mol. The molecule has 0 saturated carbocycles. The predicted octanol–water partition coefficient (Wildman–Crippen LogP) is 2.37. The summed E-state index contributed by atoms with van der Waals surface area (Å²) >= 11 is 0. The summed E-state index contributed by atoms with van der Waals surface area (Å²) in [5.74, 6) is -11.4. The van der Waals surface area contributed by atoms with E-state index in [1.165, 1.54) is 0 Å². The van der Waals surface area contributed by atoms with Crippen LogP contribution in [0, 0.1) is 0 Å². The van der Waals surface area contributed by atoms with Crippen molar-refractivity contribution in [1.82, 2.24) is 5.32 Å². The van der Waals surface area contributed by atoms with Crippen LogP contribution in [-0.2, 0) is 10.1 Å². The van der Waals surface area contributed by atoms with Crippen LogP contribution in [0.5, 0.6) is 0 Å². The van der Waals surface area contributed by atoms with Crippen molar-refractivity contribution in [1.29, 1.82) is 0 Å². The zero-order chi connectivity index (χ0) is 16.1. The summed E-state index contributed by atoms with van der Waals surface area (Å²) in [7, 11) is -2.87. The van der Waals surface area contributed by atoms with E-state index >= 15 is 0 Å². The first kappa shape index (κ1) is 20.8. The molecule has 0 fully saturated rings. The van der Waals surface area contributed by atoms with E-state index in [-0.39, 0.29) is 0 Å². The zero-order valence-electron chi connectivity index (χ0n) is 10.4. The van der Waals surface area contributed by atoms with Gasteiger partial charge < -0.3 is 5.32 Å². The van der Waals surface area contributed by atoms with Crippen molar-refractivity contribution >= 4 is 10.1 Å². The second kappa shape index (κ2) is 6.75. The molecule has 0 spiro atoms. The average Bonchev–Trinajstić information content (AvgIpc) is 2.16. The highest BCUT2D eigenvalue weighted by molar-refractivity contribution is 7.87. The first-order chi connectivity index (χ1) is 8.22. The standard InChI is InChI=1S/C6H8F6O3S.C2H7N/c1-2-3-4(7,8)5(9,10)6(11,12)16(13,14)15;1-3-2/h2-3H2,1H3,(H,13,14,15);3H,1-2H3. The van der Waals surface area contributed by atoms with Crippen LogP contribution in [0.2, 0.25) is 0 Å². The summed E-state index contributed by atoms with van der Waals surface area (Å²) in [5.41, 5.74) is 0. The van der Waals surface area contributed by atoms with Crippen LogP contribution in [0.3, 0.4) is 0 Å². The molecule has 0 atom stereocenters. The maximum Gasteiger partial charge on any atom is 0.437 e. The van der Waals surface area contributed by atoms with E-state index in [0.717, 1.165) is 6.92 Å². The summed E-state index contributed by atoms with van der Waals surface area (Å²) in [6.45, 7) is 1.02. The Morgan fingerprint density at radius 3 is 1.58 bits per heavy atom. The van der Waals surface area contributed by atoms with E-state index in [0.29, 0.717) is 0 Å². The maximum absolute atomic E-state index is 12.6. The number of rotatable bonds is 5. The molecule has 0 radical (unpaired) electrons. The Labute approximate surface area is 106 Å².